The Bertz CT molecular complexity index is 1680. The summed E-state index contributed by atoms with van der Waals surface area (Å²) in [7, 11) is 0. The number of halogens is 1. The van der Waals surface area contributed by atoms with Crippen LogP contribution in [0.25, 0.3) is 11.3 Å². The van der Waals surface area contributed by atoms with Gasteiger partial charge in [0.2, 0.25) is 5.91 Å². The van der Waals surface area contributed by atoms with E-state index in [1.54, 1.807) is 37.8 Å². The van der Waals surface area contributed by atoms with E-state index < -0.39 is 17.7 Å². The standard InChI is InChI=1S/C38H47FN6O3.H2S/c1-6-7-8-21-40-30-19-11-27(12-20-30)24-32(42-37(47)48-38(3,4)5)36(46)44-22-23-45-33(25-44)43-34(28-13-15-29(39)16-14-28)35(45)41-31-17-9-26(2)10-18-31;/h9-20,32,40-41H,6-8,21-25H2,1-5H3,(H,42,47);1H2/t32-;/m0./s1. The van der Waals surface area contributed by atoms with E-state index in [4.69, 9.17) is 9.72 Å². The molecule has 2 amide bonds. The van der Waals surface area contributed by atoms with Crippen molar-refractivity contribution in [2.75, 3.05) is 23.7 Å². The van der Waals surface area contributed by atoms with Gasteiger partial charge in [0.25, 0.3) is 0 Å². The first-order valence-electron chi connectivity index (χ1n) is 16.8. The molecule has 0 spiro atoms. The summed E-state index contributed by atoms with van der Waals surface area (Å²) in [4.78, 5) is 33.8. The zero-order valence-corrected chi connectivity index (χ0v) is 30.1. The lowest BCUT2D eigenvalue weighted by atomic mass is 10.0. The van der Waals surface area contributed by atoms with E-state index >= 15 is 0 Å². The second kappa shape index (κ2) is 16.7. The number of hydrogen-bond donors (Lipinski definition) is 3. The number of carbonyl (C=O) groups excluding carboxylic acids is 2. The van der Waals surface area contributed by atoms with Gasteiger partial charge in [-0.05, 0) is 88.2 Å². The van der Waals surface area contributed by atoms with Crippen LogP contribution in [0.5, 0.6) is 0 Å². The van der Waals surface area contributed by atoms with Crippen molar-refractivity contribution in [3.8, 4) is 11.3 Å². The van der Waals surface area contributed by atoms with Gasteiger partial charge in [-0.3, -0.25) is 4.79 Å². The van der Waals surface area contributed by atoms with Crippen molar-refractivity contribution in [3.05, 3.63) is 95.6 Å². The number of aryl methyl sites for hydroxylation is 1. The lowest BCUT2D eigenvalue weighted by Crippen LogP contribution is -2.52. The number of aromatic nitrogens is 2. The number of benzene rings is 3. The van der Waals surface area contributed by atoms with Crippen LogP contribution in [0.3, 0.4) is 0 Å². The van der Waals surface area contributed by atoms with E-state index in [2.05, 4.69) is 27.4 Å². The molecule has 0 radical (unpaired) electrons. The summed E-state index contributed by atoms with van der Waals surface area (Å²) in [6, 6.07) is 21.5. The molecule has 11 heteroatoms. The molecule has 262 valence electrons. The Morgan fingerprint density at radius 1 is 0.939 bits per heavy atom. The van der Waals surface area contributed by atoms with E-state index in [9.17, 15) is 14.0 Å². The first-order chi connectivity index (χ1) is 23.0. The van der Waals surface area contributed by atoms with Crippen LogP contribution in [0.1, 0.15) is 63.9 Å². The number of unbranched alkanes of at least 4 members (excludes halogenated alkanes) is 2. The highest BCUT2D eigenvalue weighted by atomic mass is 32.1. The minimum absolute atomic E-state index is 0. The van der Waals surface area contributed by atoms with Crippen molar-refractivity contribution in [1.29, 1.82) is 0 Å². The first kappa shape index (κ1) is 37.3. The SMILES string of the molecule is CCCCCNc1ccc(C[C@H](NC(=O)OC(C)(C)C)C(=O)N2CCn3c(nc(-c4ccc(F)cc4)c3Nc3ccc(C)cc3)C2)cc1.S. The highest BCUT2D eigenvalue weighted by Crippen LogP contribution is 2.33. The number of nitrogens with one attached hydrogen (secondary N) is 3. The van der Waals surface area contributed by atoms with Crippen molar-refractivity contribution in [1.82, 2.24) is 19.8 Å². The summed E-state index contributed by atoms with van der Waals surface area (Å²) < 4.78 is 21.5. The molecule has 5 rings (SSSR count). The molecule has 49 heavy (non-hydrogen) atoms. The van der Waals surface area contributed by atoms with Crippen LogP contribution in [-0.4, -0.2) is 51.2 Å². The van der Waals surface area contributed by atoms with E-state index in [-0.39, 0.29) is 31.8 Å². The van der Waals surface area contributed by atoms with Gasteiger partial charge in [0.15, 0.2) is 0 Å². The summed E-state index contributed by atoms with van der Waals surface area (Å²) in [5.41, 5.74) is 4.71. The van der Waals surface area contributed by atoms with Gasteiger partial charge in [0, 0.05) is 43.0 Å². The summed E-state index contributed by atoms with van der Waals surface area (Å²) in [5, 5.41) is 9.81. The fourth-order valence-corrected chi connectivity index (χ4v) is 5.70. The third-order valence-electron chi connectivity index (χ3n) is 8.21. The average molecular weight is 689 g/mol. The Balaban J connectivity index is 0.00000541. The van der Waals surface area contributed by atoms with E-state index in [1.165, 1.54) is 25.0 Å². The molecule has 1 aliphatic rings. The molecular formula is C38H49FN6O3S. The Hall–Kier alpha value is -4.51. The van der Waals surface area contributed by atoms with Crippen molar-refractivity contribution in [2.45, 2.75) is 85.0 Å². The van der Waals surface area contributed by atoms with Gasteiger partial charge in [-0.15, -0.1) is 0 Å². The number of rotatable bonds is 12. The van der Waals surface area contributed by atoms with Gasteiger partial charge in [-0.1, -0.05) is 49.6 Å². The van der Waals surface area contributed by atoms with Crippen molar-refractivity contribution >= 4 is 42.7 Å². The maximum atomic E-state index is 14.2. The number of imidazole rings is 1. The van der Waals surface area contributed by atoms with Crippen LogP contribution in [0.2, 0.25) is 0 Å². The van der Waals surface area contributed by atoms with Gasteiger partial charge in [-0.25, -0.2) is 14.2 Å². The van der Waals surface area contributed by atoms with Crippen molar-refractivity contribution < 1.29 is 18.7 Å². The number of alkyl carbamates (subject to hydrolysis) is 1. The zero-order chi connectivity index (χ0) is 34.3. The minimum atomic E-state index is -0.841. The predicted octanol–water partition coefficient (Wildman–Crippen LogP) is 7.93. The molecule has 0 aliphatic carbocycles. The quantitative estimate of drug-likeness (QED) is 0.131. The lowest BCUT2D eigenvalue weighted by molar-refractivity contribution is -0.135. The molecular weight excluding hydrogens is 640 g/mol. The van der Waals surface area contributed by atoms with Gasteiger partial charge in [-0.2, -0.15) is 13.5 Å². The maximum absolute atomic E-state index is 14.2. The van der Waals surface area contributed by atoms with Gasteiger partial charge in [0.1, 0.15) is 34.8 Å². The molecule has 0 saturated heterocycles. The van der Waals surface area contributed by atoms with Crippen LogP contribution in [0, 0.1) is 12.7 Å². The Morgan fingerprint density at radius 2 is 1.61 bits per heavy atom. The Kier molecular flexibility index (Phi) is 12.7. The van der Waals surface area contributed by atoms with Crippen LogP contribution in [-0.2, 0) is 29.0 Å². The van der Waals surface area contributed by atoms with Gasteiger partial charge in [0.05, 0.1) is 6.54 Å². The molecule has 3 aromatic carbocycles. The third-order valence-corrected chi connectivity index (χ3v) is 8.21. The number of amides is 2. The number of anilines is 3. The molecule has 4 aromatic rings. The van der Waals surface area contributed by atoms with Crippen molar-refractivity contribution in [2.24, 2.45) is 0 Å². The Labute approximate surface area is 296 Å². The summed E-state index contributed by atoms with van der Waals surface area (Å²) in [6.07, 6.45) is 3.12. The molecule has 2 heterocycles. The molecule has 0 bridgehead atoms. The fourth-order valence-electron chi connectivity index (χ4n) is 5.70. The predicted molar refractivity (Wildman–Crippen MR) is 199 cm³/mol. The summed E-state index contributed by atoms with van der Waals surface area (Å²) in [6.45, 7) is 11.7. The van der Waals surface area contributed by atoms with Crippen LogP contribution in [0.15, 0.2) is 72.8 Å². The molecule has 3 N–H and O–H groups in total. The Morgan fingerprint density at radius 3 is 2.27 bits per heavy atom. The molecule has 9 nitrogen and oxygen atoms in total. The second-order valence-electron chi connectivity index (χ2n) is 13.4. The molecule has 1 aliphatic heterocycles. The van der Waals surface area contributed by atoms with Gasteiger partial charge < -0.3 is 30.2 Å². The molecule has 0 fully saturated rings. The largest absolute Gasteiger partial charge is 0.444 e. The second-order valence-corrected chi connectivity index (χ2v) is 13.4. The summed E-state index contributed by atoms with van der Waals surface area (Å²) in [5.74, 6) is 0.930. The molecule has 0 saturated carbocycles. The summed E-state index contributed by atoms with van der Waals surface area (Å²) >= 11 is 0. The van der Waals surface area contributed by atoms with Crippen LogP contribution >= 0.6 is 13.5 Å². The minimum Gasteiger partial charge on any atom is -0.444 e. The van der Waals surface area contributed by atoms with Gasteiger partial charge >= 0.3 is 6.09 Å². The van der Waals surface area contributed by atoms with Crippen LogP contribution < -0.4 is 16.0 Å². The van der Waals surface area contributed by atoms with E-state index in [0.29, 0.717) is 31.0 Å². The third kappa shape index (κ3) is 10.2. The maximum Gasteiger partial charge on any atom is 0.408 e. The highest BCUT2D eigenvalue weighted by molar-refractivity contribution is 7.59. The lowest BCUT2D eigenvalue weighted by Gasteiger charge is -2.32. The first-order valence-corrected chi connectivity index (χ1v) is 16.8. The van der Waals surface area contributed by atoms with Crippen LogP contribution in [0.4, 0.5) is 26.4 Å². The number of fused-ring (bicyclic) bond motifs is 1. The number of carbonyl (C=O) groups is 2. The van der Waals surface area contributed by atoms with E-state index in [0.717, 1.165) is 46.8 Å². The number of ether oxygens (including phenoxy) is 1. The number of nitrogens with zero attached hydrogens (tertiary/aromatic N) is 3. The van der Waals surface area contributed by atoms with E-state index in [1.807, 2.05) is 55.5 Å². The monoisotopic (exact) mass is 688 g/mol. The molecule has 1 atom stereocenters. The highest BCUT2D eigenvalue weighted by Gasteiger charge is 2.32. The molecule has 1 aromatic heterocycles. The fraction of sp³-hybridized carbons (Fsp3) is 0.395. The topological polar surface area (TPSA) is 101 Å². The smallest absolute Gasteiger partial charge is 0.408 e. The normalized spacial score (nSPS) is 13.1. The number of hydrogen-bond acceptors (Lipinski definition) is 6. The van der Waals surface area contributed by atoms with Crippen molar-refractivity contribution in [3.63, 3.8) is 0 Å². The molecule has 0 unspecified atom stereocenters. The zero-order valence-electron chi connectivity index (χ0n) is 29.1. The average Bonchev–Trinajstić information content (AvgIpc) is 3.41.